The summed E-state index contributed by atoms with van der Waals surface area (Å²) in [6, 6.07) is 19.9. The molecule has 0 radical (unpaired) electrons. The second-order valence-electron chi connectivity index (χ2n) is 8.36. The van der Waals surface area contributed by atoms with Gasteiger partial charge in [0.2, 0.25) is 5.88 Å². The van der Waals surface area contributed by atoms with Crippen LogP contribution in [0.15, 0.2) is 65.7 Å². The van der Waals surface area contributed by atoms with E-state index < -0.39 is 0 Å². The van der Waals surface area contributed by atoms with Gasteiger partial charge in [0.15, 0.2) is 5.96 Å². The predicted molar refractivity (Wildman–Crippen MR) is 128 cm³/mol. The SMILES string of the molecule is NC(N)=Nc1ccc(Oc2cc(CCCc3ccccc3)nc(C3CCCCC3)n2)cc1. The van der Waals surface area contributed by atoms with Gasteiger partial charge >= 0.3 is 0 Å². The number of hydrogen-bond acceptors (Lipinski definition) is 4. The van der Waals surface area contributed by atoms with E-state index in [-0.39, 0.29) is 5.96 Å². The molecule has 0 amide bonds. The lowest BCUT2D eigenvalue weighted by molar-refractivity contribution is 0.412. The van der Waals surface area contributed by atoms with Crippen molar-refractivity contribution in [2.24, 2.45) is 16.5 Å². The maximum absolute atomic E-state index is 6.11. The average Bonchev–Trinajstić information content (AvgIpc) is 2.81. The molecule has 32 heavy (non-hydrogen) atoms. The van der Waals surface area contributed by atoms with Crippen LogP contribution in [0.2, 0.25) is 0 Å². The smallest absolute Gasteiger partial charge is 0.222 e. The molecule has 1 saturated carbocycles. The van der Waals surface area contributed by atoms with Gasteiger partial charge in [0.1, 0.15) is 11.6 Å². The number of nitrogens with zero attached hydrogens (tertiary/aromatic N) is 3. The van der Waals surface area contributed by atoms with Crippen molar-refractivity contribution >= 4 is 11.6 Å². The quantitative estimate of drug-likeness (QED) is 0.369. The first-order chi connectivity index (χ1) is 15.7. The molecule has 1 fully saturated rings. The summed E-state index contributed by atoms with van der Waals surface area (Å²) in [5.41, 5.74) is 14.0. The lowest BCUT2D eigenvalue weighted by atomic mass is 9.88. The summed E-state index contributed by atoms with van der Waals surface area (Å²) >= 11 is 0. The Labute approximate surface area is 189 Å². The van der Waals surface area contributed by atoms with Crippen LogP contribution in [0.1, 0.15) is 61.5 Å². The van der Waals surface area contributed by atoms with Crippen molar-refractivity contribution in [3.05, 3.63) is 77.7 Å². The van der Waals surface area contributed by atoms with Crippen LogP contribution in [-0.4, -0.2) is 15.9 Å². The van der Waals surface area contributed by atoms with E-state index in [0.717, 1.165) is 43.6 Å². The van der Waals surface area contributed by atoms with Crippen molar-refractivity contribution in [1.29, 1.82) is 0 Å². The Bertz CT molecular complexity index is 1020. The predicted octanol–water partition coefficient (Wildman–Crippen LogP) is 5.40. The highest BCUT2D eigenvalue weighted by atomic mass is 16.5. The van der Waals surface area contributed by atoms with Gasteiger partial charge in [-0.05, 0) is 61.9 Å². The Morgan fingerprint density at radius 3 is 2.38 bits per heavy atom. The average molecular weight is 430 g/mol. The minimum absolute atomic E-state index is 0.0340. The van der Waals surface area contributed by atoms with Gasteiger partial charge in [-0.3, -0.25) is 0 Å². The first-order valence-electron chi connectivity index (χ1n) is 11.4. The number of nitrogens with two attached hydrogens (primary N) is 2. The fraction of sp³-hybridized carbons (Fsp3) is 0.346. The minimum Gasteiger partial charge on any atom is -0.439 e. The molecule has 166 valence electrons. The molecule has 4 N–H and O–H groups in total. The van der Waals surface area contributed by atoms with E-state index >= 15 is 0 Å². The molecule has 6 heteroatoms. The van der Waals surface area contributed by atoms with E-state index in [4.69, 9.17) is 26.2 Å². The third-order valence-corrected chi connectivity index (χ3v) is 5.80. The van der Waals surface area contributed by atoms with Crippen molar-refractivity contribution in [3.63, 3.8) is 0 Å². The van der Waals surface area contributed by atoms with Gasteiger partial charge in [0, 0.05) is 17.7 Å². The van der Waals surface area contributed by atoms with Gasteiger partial charge in [0.25, 0.3) is 0 Å². The van der Waals surface area contributed by atoms with E-state index in [9.17, 15) is 0 Å². The molecule has 2 aromatic carbocycles. The molecule has 1 aliphatic carbocycles. The maximum atomic E-state index is 6.11. The van der Waals surface area contributed by atoms with Crippen LogP contribution >= 0.6 is 0 Å². The molecule has 0 atom stereocenters. The summed E-state index contributed by atoms with van der Waals surface area (Å²) in [4.78, 5) is 13.8. The Balaban J connectivity index is 1.50. The third kappa shape index (κ3) is 6.30. The summed E-state index contributed by atoms with van der Waals surface area (Å²) in [7, 11) is 0. The van der Waals surface area contributed by atoms with E-state index in [0.29, 0.717) is 23.2 Å². The third-order valence-electron chi connectivity index (χ3n) is 5.80. The normalized spacial score (nSPS) is 14.1. The molecule has 1 heterocycles. The Morgan fingerprint density at radius 2 is 1.66 bits per heavy atom. The second kappa shape index (κ2) is 10.8. The van der Waals surface area contributed by atoms with Crippen molar-refractivity contribution < 1.29 is 4.74 Å². The van der Waals surface area contributed by atoms with Crippen LogP contribution in [0.3, 0.4) is 0 Å². The van der Waals surface area contributed by atoms with E-state index in [1.54, 1.807) is 0 Å². The van der Waals surface area contributed by atoms with Gasteiger partial charge in [-0.15, -0.1) is 0 Å². The minimum atomic E-state index is 0.0340. The fourth-order valence-electron chi connectivity index (χ4n) is 4.19. The number of guanidine groups is 1. The molecule has 0 spiro atoms. The van der Waals surface area contributed by atoms with Crippen molar-refractivity contribution in [2.45, 2.75) is 57.3 Å². The van der Waals surface area contributed by atoms with Crippen LogP contribution in [0.4, 0.5) is 5.69 Å². The van der Waals surface area contributed by atoms with E-state index in [2.05, 4.69) is 35.3 Å². The number of benzene rings is 2. The van der Waals surface area contributed by atoms with Crippen molar-refractivity contribution in [3.8, 4) is 11.6 Å². The maximum Gasteiger partial charge on any atom is 0.222 e. The van der Waals surface area contributed by atoms with Crippen molar-refractivity contribution in [1.82, 2.24) is 9.97 Å². The molecule has 0 bridgehead atoms. The highest BCUT2D eigenvalue weighted by molar-refractivity contribution is 5.79. The largest absolute Gasteiger partial charge is 0.439 e. The Morgan fingerprint density at radius 1 is 0.906 bits per heavy atom. The fourth-order valence-corrected chi connectivity index (χ4v) is 4.19. The van der Waals surface area contributed by atoms with Gasteiger partial charge < -0.3 is 16.2 Å². The van der Waals surface area contributed by atoms with Crippen LogP contribution in [0.5, 0.6) is 11.6 Å². The highest BCUT2D eigenvalue weighted by Gasteiger charge is 2.20. The lowest BCUT2D eigenvalue weighted by Gasteiger charge is -2.21. The summed E-state index contributed by atoms with van der Waals surface area (Å²) in [5, 5.41) is 0. The summed E-state index contributed by atoms with van der Waals surface area (Å²) in [6.45, 7) is 0. The van der Waals surface area contributed by atoms with Gasteiger partial charge in [-0.2, -0.15) is 4.98 Å². The molecule has 4 rings (SSSR count). The zero-order valence-corrected chi connectivity index (χ0v) is 18.4. The van der Waals surface area contributed by atoms with E-state index in [1.807, 2.05) is 30.3 Å². The number of aliphatic imine (C=N–C) groups is 1. The van der Waals surface area contributed by atoms with Crippen LogP contribution < -0.4 is 16.2 Å². The van der Waals surface area contributed by atoms with Crippen LogP contribution in [-0.2, 0) is 12.8 Å². The molecule has 1 aromatic heterocycles. The molecule has 0 aliphatic heterocycles. The topological polar surface area (TPSA) is 99.4 Å². The van der Waals surface area contributed by atoms with Gasteiger partial charge in [-0.25, -0.2) is 9.98 Å². The van der Waals surface area contributed by atoms with Crippen LogP contribution in [0.25, 0.3) is 0 Å². The second-order valence-corrected chi connectivity index (χ2v) is 8.36. The Kier molecular flexibility index (Phi) is 7.33. The number of hydrogen-bond donors (Lipinski definition) is 2. The first-order valence-corrected chi connectivity index (χ1v) is 11.4. The first kappa shape index (κ1) is 21.8. The number of aryl methyl sites for hydroxylation is 2. The zero-order chi connectivity index (χ0) is 22.2. The molecule has 0 unspecified atom stereocenters. The molecule has 1 aliphatic rings. The van der Waals surface area contributed by atoms with Crippen molar-refractivity contribution in [2.75, 3.05) is 0 Å². The van der Waals surface area contributed by atoms with Gasteiger partial charge in [-0.1, -0.05) is 49.6 Å². The summed E-state index contributed by atoms with van der Waals surface area (Å²) in [6.07, 6.45) is 9.07. The zero-order valence-electron chi connectivity index (χ0n) is 18.4. The summed E-state index contributed by atoms with van der Waals surface area (Å²) < 4.78 is 6.11. The number of rotatable bonds is 8. The monoisotopic (exact) mass is 429 g/mol. The lowest BCUT2D eigenvalue weighted by Crippen LogP contribution is -2.21. The molecule has 0 saturated heterocycles. The number of ether oxygens (including phenoxy) is 1. The molecule has 3 aromatic rings. The van der Waals surface area contributed by atoms with E-state index in [1.165, 1.54) is 24.8 Å². The Hall–Kier alpha value is -3.41. The highest BCUT2D eigenvalue weighted by Crippen LogP contribution is 2.32. The summed E-state index contributed by atoms with van der Waals surface area (Å²) in [5.74, 6) is 2.68. The van der Waals surface area contributed by atoms with Crippen LogP contribution in [0, 0.1) is 0 Å². The van der Waals surface area contributed by atoms with Gasteiger partial charge in [0.05, 0.1) is 5.69 Å². The molecular formula is C26H31N5O. The molecular weight excluding hydrogens is 398 g/mol. The standard InChI is InChI=1S/C26H31N5O/c27-26(28)30-21-14-16-23(17-15-21)32-24-18-22(13-7-10-19-8-3-1-4-9-19)29-25(31-24)20-11-5-2-6-12-20/h1,3-4,8-9,14-18,20H,2,5-7,10-13H2,(H4,27,28,30). The number of aromatic nitrogens is 2. The molecule has 6 nitrogen and oxygen atoms in total.